The highest BCUT2D eigenvalue weighted by atomic mass is 16.7. The van der Waals surface area contributed by atoms with Crippen molar-refractivity contribution in [1.82, 2.24) is 5.01 Å². The molecule has 0 aliphatic carbocycles. The van der Waals surface area contributed by atoms with Gasteiger partial charge in [-0.3, -0.25) is 19.4 Å². The number of hydrogen-bond acceptors (Lipinski definition) is 14. The van der Waals surface area contributed by atoms with Gasteiger partial charge in [0.1, 0.15) is 23.4 Å². The Morgan fingerprint density at radius 3 is 2.22 bits per heavy atom. The second kappa shape index (κ2) is 18.4. The Kier molecular flexibility index (Phi) is 14.0. The van der Waals surface area contributed by atoms with E-state index in [4.69, 9.17) is 18.9 Å². The molecule has 322 valence electrons. The van der Waals surface area contributed by atoms with Crippen molar-refractivity contribution in [3.05, 3.63) is 52.8 Å². The molecule has 4 aliphatic heterocycles. The van der Waals surface area contributed by atoms with E-state index in [-0.39, 0.29) is 44.5 Å². The average molecular weight is 822 g/mol. The summed E-state index contributed by atoms with van der Waals surface area (Å²) in [7, 11) is 1.44. The molecular weight excluding hydrogens is 762 g/mol. The number of benzene rings is 2. The maximum Gasteiger partial charge on any atom is 0.312 e. The van der Waals surface area contributed by atoms with Crippen molar-refractivity contribution in [2.45, 2.75) is 111 Å². The number of phenolic OH excluding ortho intramolecular Hbond substituents is 3. The van der Waals surface area contributed by atoms with E-state index >= 15 is 0 Å². The minimum absolute atomic E-state index is 0.0625. The van der Waals surface area contributed by atoms with E-state index < -0.39 is 88.8 Å². The molecule has 0 radical (unpaired) electrons. The number of phenols is 3. The van der Waals surface area contributed by atoms with Gasteiger partial charge in [0.2, 0.25) is 0 Å². The number of nitrogens with zero attached hydrogens (tertiary/aromatic N) is 2. The Bertz CT molecular complexity index is 2050. The summed E-state index contributed by atoms with van der Waals surface area (Å²) in [6.45, 7) is 13.9. The third-order valence-electron chi connectivity index (χ3n) is 12.0. The van der Waals surface area contributed by atoms with Crippen LogP contribution in [0.3, 0.4) is 0 Å². The number of nitrogens with one attached hydrogen (secondary N) is 1. The number of ether oxygens (including phenoxy) is 4. The summed E-state index contributed by atoms with van der Waals surface area (Å²) in [5.41, 5.74) is -0.293. The Hall–Kier alpha value is -5.12. The number of anilines is 1. The second-order valence-electron chi connectivity index (χ2n) is 16.2. The SMILES string of the molecule is COC1/C=C/OC2(C)Oc3c(C)c(O)c4c(O)c(c(/C=N/N5CCCCCC5)c(O)c4c3C2=O)NC(=O)/C(C)=C\C=C\C(C)C(O)C(C)C(O)C(C)C(OC(C)=O)C1C. The van der Waals surface area contributed by atoms with Crippen LogP contribution < -0.4 is 10.1 Å². The molecule has 1 amide bonds. The highest BCUT2D eigenvalue weighted by Crippen LogP contribution is 2.55. The largest absolute Gasteiger partial charge is 0.507 e. The zero-order chi connectivity index (χ0) is 43.5. The number of hydrogen-bond donors (Lipinski definition) is 6. The van der Waals surface area contributed by atoms with E-state index in [1.54, 1.807) is 39.8 Å². The van der Waals surface area contributed by atoms with Gasteiger partial charge in [-0.2, -0.15) is 5.10 Å². The minimum Gasteiger partial charge on any atom is -0.507 e. The summed E-state index contributed by atoms with van der Waals surface area (Å²) in [4.78, 5) is 40.5. The normalized spacial score (nSPS) is 31.9. The fourth-order valence-corrected chi connectivity index (χ4v) is 8.18. The maximum absolute atomic E-state index is 14.4. The number of aliphatic hydroxyl groups is 2. The quantitative estimate of drug-likeness (QED) is 0.0909. The summed E-state index contributed by atoms with van der Waals surface area (Å²) >= 11 is 0. The lowest BCUT2D eigenvalue weighted by Crippen LogP contribution is -2.46. The van der Waals surface area contributed by atoms with Crippen LogP contribution >= 0.6 is 0 Å². The second-order valence-corrected chi connectivity index (χ2v) is 16.2. The van der Waals surface area contributed by atoms with Crippen LogP contribution in [0.4, 0.5) is 5.69 Å². The van der Waals surface area contributed by atoms with Gasteiger partial charge in [-0.1, -0.05) is 58.8 Å². The van der Waals surface area contributed by atoms with Gasteiger partial charge in [0, 0.05) is 74.2 Å². The summed E-state index contributed by atoms with van der Waals surface area (Å²) in [5, 5.41) is 67.1. The van der Waals surface area contributed by atoms with Crippen LogP contribution in [0.25, 0.3) is 10.8 Å². The van der Waals surface area contributed by atoms with Crippen LogP contribution in [0, 0.1) is 30.6 Å². The molecule has 0 aromatic heterocycles. The number of hydrazone groups is 1. The molecule has 0 saturated carbocycles. The van der Waals surface area contributed by atoms with E-state index in [0.29, 0.717) is 13.1 Å². The van der Waals surface area contributed by atoms with Crippen LogP contribution in [0.1, 0.15) is 95.6 Å². The van der Waals surface area contributed by atoms with Crippen LogP contribution in [-0.2, 0) is 23.8 Å². The highest BCUT2D eigenvalue weighted by molar-refractivity contribution is 6.23. The zero-order valence-electron chi connectivity index (χ0n) is 35.3. The van der Waals surface area contributed by atoms with E-state index in [1.165, 1.54) is 59.4 Å². The van der Waals surface area contributed by atoms with Crippen molar-refractivity contribution in [3.63, 3.8) is 0 Å². The van der Waals surface area contributed by atoms with Gasteiger partial charge in [0.15, 0.2) is 5.75 Å². The van der Waals surface area contributed by atoms with Gasteiger partial charge in [0.25, 0.3) is 11.7 Å². The number of aromatic hydroxyl groups is 3. The molecule has 1 fully saturated rings. The fraction of sp³-hybridized carbons (Fsp3) is 0.545. The lowest BCUT2D eigenvalue weighted by molar-refractivity contribution is -0.160. The number of rotatable bonds is 4. The highest BCUT2D eigenvalue weighted by Gasteiger charge is 2.50. The van der Waals surface area contributed by atoms with Crippen molar-refractivity contribution in [1.29, 1.82) is 0 Å². The zero-order valence-corrected chi connectivity index (χ0v) is 35.3. The Morgan fingerprint density at radius 2 is 1.59 bits per heavy atom. The number of allylic oxidation sites excluding steroid dienone is 2. The molecule has 9 unspecified atom stereocenters. The fourth-order valence-electron chi connectivity index (χ4n) is 8.18. The first-order valence-electron chi connectivity index (χ1n) is 20.2. The summed E-state index contributed by atoms with van der Waals surface area (Å²) in [6.07, 6.45) is 8.81. The molecule has 9 atom stereocenters. The third kappa shape index (κ3) is 9.07. The molecule has 2 aromatic rings. The molecular formula is C44H59N3O12. The lowest BCUT2D eigenvalue weighted by Gasteiger charge is -2.38. The minimum atomic E-state index is -2.04. The molecule has 1 saturated heterocycles. The van der Waals surface area contributed by atoms with E-state index in [2.05, 4.69) is 10.4 Å². The van der Waals surface area contributed by atoms with Gasteiger partial charge in [-0.05, 0) is 32.8 Å². The van der Waals surface area contributed by atoms with E-state index in [9.17, 15) is 39.9 Å². The molecule has 15 heteroatoms. The third-order valence-corrected chi connectivity index (χ3v) is 12.0. The van der Waals surface area contributed by atoms with Gasteiger partial charge in [0.05, 0.1) is 53.0 Å². The number of esters is 1. The lowest BCUT2D eigenvalue weighted by atomic mass is 9.78. The predicted octanol–water partition coefficient (Wildman–Crippen LogP) is 5.96. The van der Waals surface area contributed by atoms with Crippen LogP contribution in [-0.4, -0.2) is 105 Å². The Labute approximate surface area is 345 Å². The van der Waals surface area contributed by atoms with Gasteiger partial charge < -0.3 is 49.8 Å². The van der Waals surface area contributed by atoms with Gasteiger partial charge in [-0.25, -0.2) is 0 Å². The number of methoxy groups -OCH3 is 1. The average Bonchev–Trinajstić information content (AvgIpc) is 3.33. The molecule has 6 rings (SSSR count). The first-order valence-corrected chi connectivity index (χ1v) is 20.2. The molecule has 4 aliphatic rings. The molecule has 6 N–H and O–H groups in total. The number of amides is 1. The number of carbonyl (C=O) groups excluding carboxylic acids is 3. The van der Waals surface area contributed by atoms with Crippen molar-refractivity contribution < 1.29 is 58.9 Å². The van der Waals surface area contributed by atoms with E-state index in [0.717, 1.165) is 25.7 Å². The molecule has 4 heterocycles. The maximum atomic E-state index is 14.4. The Balaban J connectivity index is 1.71. The molecule has 0 spiro atoms. The first-order chi connectivity index (χ1) is 27.8. The molecule has 59 heavy (non-hydrogen) atoms. The molecule has 15 nitrogen and oxygen atoms in total. The number of Topliss-reactive ketones (excluding diaryl/α,β-unsaturated/α-hetero) is 1. The van der Waals surface area contributed by atoms with E-state index in [1.807, 2.05) is 5.01 Å². The number of fused-ring (bicyclic) bond motifs is 14. The monoisotopic (exact) mass is 821 g/mol. The van der Waals surface area contributed by atoms with Gasteiger partial charge >= 0.3 is 11.8 Å². The van der Waals surface area contributed by atoms with Crippen LogP contribution in [0.15, 0.2) is 41.2 Å². The van der Waals surface area contributed by atoms with Crippen molar-refractivity contribution in [2.24, 2.45) is 28.8 Å². The number of aliphatic hydroxyl groups excluding tert-OH is 2. The van der Waals surface area contributed by atoms with Crippen LogP contribution in [0.2, 0.25) is 0 Å². The van der Waals surface area contributed by atoms with Crippen molar-refractivity contribution in [2.75, 3.05) is 25.5 Å². The molecule has 2 aromatic carbocycles. The van der Waals surface area contributed by atoms with Crippen molar-refractivity contribution in [3.8, 4) is 23.0 Å². The van der Waals surface area contributed by atoms with Crippen molar-refractivity contribution >= 4 is 40.3 Å². The van der Waals surface area contributed by atoms with Gasteiger partial charge in [-0.15, -0.1) is 0 Å². The Morgan fingerprint density at radius 1 is 0.932 bits per heavy atom. The standard InChI is InChI=1S/C44H59N3O12/c1-22-15-14-16-23(2)43(55)46-34-29(21-45-47-18-12-10-11-13-19-47)38(52)31-32(39(34)53)37(51)27(6)41-33(31)42(54)44(8,59-41)57-20-17-30(56-9)24(3)40(58-28(7)48)26(5)36(50)25(4)35(22)49/h14-17,20-22,24-26,30,35-36,40,49-53H,10-13,18-19H2,1-9H3,(H,46,55)/b15-14+,20-17+,23-16-,45-21+. The first kappa shape index (κ1) is 45.0. The summed E-state index contributed by atoms with van der Waals surface area (Å²) < 4.78 is 23.6. The predicted molar refractivity (Wildman–Crippen MR) is 221 cm³/mol. The number of ketones is 1. The number of carbonyl (C=O) groups is 3. The smallest absolute Gasteiger partial charge is 0.312 e. The summed E-state index contributed by atoms with van der Waals surface area (Å²) in [5.74, 6) is -8.26. The molecule has 5 bridgehead atoms. The van der Waals surface area contributed by atoms with Crippen LogP contribution in [0.5, 0.6) is 23.0 Å². The topological polar surface area (TPSA) is 217 Å². The summed E-state index contributed by atoms with van der Waals surface area (Å²) in [6, 6.07) is 0.